The van der Waals surface area contributed by atoms with Gasteiger partial charge in [0.15, 0.2) is 0 Å². The van der Waals surface area contributed by atoms with Gasteiger partial charge in [0.1, 0.15) is 10.1 Å². The first kappa shape index (κ1) is 20.1. The van der Waals surface area contributed by atoms with Crippen molar-refractivity contribution in [3.05, 3.63) is 70.6 Å². The SMILES string of the molecule is CCOc1ccc(/C=C2\SC(=S)N([C@@H](Cc3ccccc3)C(=O)[O-])C2=O)cc1. The lowest BCUT2D eigenvalue weighted by Crippen LogP contribution is -2.51. The molecule has 3 rings (SSSR count). The number of rotatable bonds is 7. The number of amides is 1. The Morgan fingerprint density at radius 3 is 2.50 bits per heavy atom. The summed E-state index contributed by atoms with van der Waals surface area (Å²) in [5.41, 5.74) is 1.60. The molecular formula is C21H18NO4S2-. The zero-order valence-electron chi connectivity index (χ0n) is 15.2. The van der Waals surface area contributed by atoms with E-state index < -0.39 is 17.9 Å². The van der Waals surface area contributed by atoms with Crippen LogP contribution in [0.15, 0.2) is 59.5 Å². The van der Waals surface area contributed by atoms with Gasteiger partial charge in [0.25, 0.3) is 5.91 Å². The van der Waals surface area contributed by atoms with Crippen molar-refractivity contribution in [2.45, 2.75) is 19.4 Å². The smallest absolute Gasteiger partial charge is 0.266 e. The maximum Gasteiger partial charge on any atom is 0.266 e. The Bertz CT molecular complexity index is 910. The molecule has 1 aliphatic heterocycles. The second-order valence-electron chi connectivity index (χ2n) is 6.08. The molecule has 0 spiro atoms. The summed E-state index contributed by atoms with van der Waals surface area (Å²) >= 11 is 6.39. The molecule has 1 heterocycles. The highest BCUT2D eigenvalue weighted by atomic mass is 32.2. The standard InChI is InChI=1S/C21H19NO4S2/c1-2-26-16-10-8-15(9-11-16)13-18-19(23)22(21(27)28-18)17(20(24)25)12-14-6-4-3-5-7-14/h3-11,13,17H,2,12H2,1H3,(H,24,25)/p-1/b18-13-/t17-/m0/s1. The number of benzene rings is 2. The van der Waals surface area contributed by atoms with Crippen LogP contribution in [0.2, 0.25) is 0 Å². The van der Waals surface area contributed by atoms with Gasteiger partial charge < -0.3 is 14.6 Å². The van der Waals surface area contributed by atoms with Crippen molar-refractivity contribution in [2.24, 2.45) is 0 Å². The predicted molar refractivity (Wildman–Crippen MR) is 112 cm³/mol. The van der Waals surface area contributed by atoms with Gasteiger partial charge in [0.05, 0.1) is 23.5 Å². The van der Waals surface area contributed by atoms with Crippen molar-refractivity contribution in [3.63, 3.8) is 0 Å². The van der Waals surface area contributed by atoms with E-state index in [0.717, 1.165) is 33.5 Å². The lowest BCUT2D eigenvalue weighted by molar-refractivity contribution is -0.310. The number of ether oxygens (including phenoxy) is 1. The molecule has 1 atom stereocenters. The fourth-order valence-corrected chi connectivity index (χ4v) is 4.20. The molecule has 2 aromatic rings. The van der Waals surface area contributed by atoms with Crippen LogP contribution in [0.4, 0.5) is 0 Å². The summed E-state index contributed by atoms with van der Waals surface area (Å²) in [7, 11) is 0. The van der Waals surface area contributed by atoms with E-state index in [1.54, 1.807) is 6.08 Å². The third-order valence-electron chi connectivity index (χ3n) is 4.17. The Balaban J connectivity index is 1.82. The van der Waals surface area contributed by atoms with E-state index in [9.17, 15) is 14.7 Å². The second kappa shape index (κ2) is 9.03. The number of carbonyl (C=O) groups is 2. The summed E-state index contributed by atoms with van der Waals surface area (Å²) in [5, 5.41) is 11.7. The van der Waals surface area contributed by atoms with Crippen LogP contribution in [0, 0.1) is 0 Å². The lowest BCUT2D eigenvalue weighted by Gasteiger charge is -2.27. The molecular weight excluding hydrogens is 394 g/mol. The zero-order chi connectivity index (χ0) is 20.1. The molecule has 0 N–H and O–H groups in total. The summed E-state index contributed by atoms with van der Waals surface area (Å²) in [6.45, 7) is 2.48. The average Bonchev–Trinajstić information content (AvgIpc) is 2.95. The van der Waals surface area contributed by atoms with Crippen molar-refractivity contribution >= 4 is 46.3 Å². The molecule has 1 amide bonds. The highest BCUT2D eigenvalue weighted by molar-refractivity contribution is 8.26. The molecule has 1 aliphatic rings. The minimum atomic E-state index is -1.33. The lowest BCUT2D eigenvalue weighted by atomic mass is 10.0. The first-order chi connectivity index (χ1) is 13.5. The number of carboxylic acids is 1. The minimum absolute atomic E-state index is 0.131. The van der Waals surface area contributed by atoms with E-state index in [-0.39, 0.29) is 10.7 Å². The molecule has 2 aromatic carbocycles. The maximum absolute atomic E-state index is 12.9. The Morgan fingerprint density at radius 2 is 1.89 bits per heavy atom. The van der Waals surface area contributed by atoms with Gasteiger partial charge in [-0.25, -0.2) is 0 Å². The van der Waals surface area contributed by atoms with E-state index in [1.165, 1.54) is 0 Å². The average molecular weight is 413 g/mol. The molecule has 28 heavy (non-hydrogen) atoms. The highest BCUT2D eigenvalue weighted by Gasteiger charge is 2.37. The molecule has 5 nitrogen and oxygen atoms in total. The number of hydrogen-bond donors (Lipinski definition) is 0. The largest absolute Gasteiger partial charge is 0.548 e. The summed E-state index contributed by atoms with van der Waals surface area (Å²) in [6.07, 6.45) is 1.83. The van der Waals surface area contributed by atoms with Crippen molar-refractivity contribution in [1.29, 1.82) is 0 Å². The van der Waals surface area contributed by atoms with E-state index in [0.29, 0.717) is 11.5 Å². The van der Waals surface area contributed by atoms with Crippen LogP contribution in [0.25, 0.3) is 6.08 Å². The van der Waals surface area contributed by atoms with Gasteiger partial charge in [-0.05, 0) is 42.7 Å². The molecule has 7 heteroatoms. The van der Waals surface area contributed by atoms with Crippen LogP contribution < -0.4 is 9.84 Å². The van der Waals surface area contributed by atoms with Gasteiger partial charge in [-0.2, -0.15) is 0 Å². The van der Waals surface area contributed by atoms with Crippen LogP contribution in [-0.4, -0.2) is 33.7 Å². The topological polar surface area (TPSA) is 69.7 Å². The quantitative estimate of drug-likeness (QED) is 0.514. The van der Waals surface area contributed by atoms with Gasteiger partial charge in [0, 0.05) is 0 Å². The Kier molecular flexibility index (Phi) is 6.49. The number of nitrogens with zero attached hydrogens (tertiary/aromatic N) is 1. The Hall–Kier alpha value is -2.64. The van der Waals surface area contributed by atoms with Gasteiger partial charge >= 0.3 is 0 Å². The monoisotopic (exact) mass is 412 g/mol. The number of thioether (sulfide) groups is 1. The van der Waals surface area contributed by atoms with Gasteiger partial charge in [-0.15, -0.1) is 0 Å². The zero-order valence-corrected chi connectivity index (χ0v) is 16.8. The number of hydrogen-bond acceptors (Lipinski definition) is 6. The molecule has 0 radical (unpaired) electrons. The van der Waals surface area contributed by atoms with E-state index >= 15 is 0 Å². The van der Waals surface area contributed by atoms with Crippen molar-refractivity contribution < 1.29 is 19.4 Å². The van der Waals surface area contributed by atoms with Gasteiger partial charge in [-0.3, -0.25) is 9.69 Å². The van der Waals surface area contributed by atoms with Gasteiger partial charge in [-0.1, -0.05) is 66.4 Å². The highest BCUT2D eigenvalue weighted by Crippen LogP contribution is 2.34. The van der Waals surface area contributed by atoms with Crippen LogP contribution in [0.3, 0.4) is 0 Å². The van der Waals surface area contributed by atoms with Crippen molar-refractivity contribution in [1.82, 2.24) is 4.90 Å². The minimum Gasteiger partial charge on any atom is -0.548 e. The fraction of sp³-hybridized carbons (Fsp3) is 0.190. The first-order valence-corrected chi connectivity index (χ1v) is 9.96. The third-order valence-corrected chi connectivity index (χ3v) is 5.50. The fourth-order valence-electron chi connectivity index (χ4n) is 2.84. The maximum atomic E-state index is 12.9. The Morgan fingerprint density at radius 1 is 1.21 bits per heavy atom. The molecule has 0 bridgehead atoms. The van der Waals surface area contributed by atoms with E-state index in [2.05, 4.69) is 0 Å². The molecule has 144 valence electrons. The van der Waals surface area contributed by atoms with Gasteiger partial charge in [0.2, 0.25) is 0 Å². The van der Waals surface area contributed by atoms with Crippen LogP contribution in [-0.2, 0) is 16.0 Å². The summed E-state index contributed by atoms with van der Waals surface area (Å²) in [5.74, 6) is -1.01. The molecule has 1 fully saturated rings. The first-order valence-electron chi connectivity index (χ1n) is 8.74. The van der Waals surface area contributed by atoms with E-state index in [4.69, 9.17) is 17.0 Å². The number of carbonyl (C=O) groups excluding carboxylic acids is 2. The third kappa shape index (κ3) is 4.61. The molecule has 0 aliphatic carbocycles. The number of aliphatic carboxylic acids is 1. The second-order valence-corrected chi connectivity index (χ2v) is 7.75. The van der Waals surface area contributed by atoms with E-state index in [1.807, 2.05) is 61.5 Å². The normalized spacial score (nSPS) is 16.5. The molecule has 0 aromatic heterocycles. The van der Waals surface area contributed by atoms with Crippen molar-refractivity contribution in [3.8, 4) is 5.75 Å². The summed E-state index contributed by atoms with van der Waals surface area (Å²) in [4.78, 5) is 26.1. The van der Waals surface area contributed by atoms with Crippen LogP contribution in [0.5, 0.6) is 5.75 Å². The van der Waals surface area contributed by atoms with Crippen LogP contribution >= 0.6 is 24.0 Å². The molecule has 1 saturated heterocycles. The predicted octanol–water partition coefficient (Wildman–Crippen LogP) is 2.65. The summed E-state index contributed by atoms with van der Waals surface area (Å²) in [6, 6.07) is 15.2. The Labute approximate surface area is 173 Å². The van der Waals surface area contributed by atoms with Crippen molar-refractivity contribution in [2.75, 3.05) is 6.61 Å². The van der Waals surface area contributed by atoms with Crippen LogP contribution in [0.1, 0.15) is 18.1 Å². The molecule has 0 saturated carbocycles. The summed E-state index contributed by atoms with van der Waals surface area (Å²) < 4.78 is 5.62. The molecule has 0 unspecified atom stereocenters. The number of thiocarbonyl (C=S) groups is 1. The number of carboxylic acid groups (broad SMARTS) is 1.